The van der Waals surface area contributed by atoms with Crippen LogP contribution in [-0.4, -0.2) is 52.3 Å². The molecule has 0 bridgehead atoms. The molecule has 0 saturated carbocycles. The van der Waals surface area contributed by atoms with E-state index in [1.165, 1.54) is 0 Å². The van der Waals surface area contributed by atoms with Crippen LogP contribution in [0.5, 0.6) is 28.7 Å². The van der Waals surface area contributed by atoms with Gasteiger partial charge in [-0.25, -0.2) is 0 Å². The van der Waals surface area contributed by atoms with Crippen molar-refractivity contribution < 1.29 is 28.4 Å². The van der Waals surface area contributed by atoms with Gasteiger partial charge >= 0.3 is 0 Å². The van der Waals surface area contributed by atoms with Gasteiger partial charge in [-0.3, -0.25) is 4.90 Å². The van der Waals surface area contributed by atoms with Gasteiger partial charge in [-0.15, -0.1) is 0 Å². The molecule has 1 atom stereocenters. The Labute approximate surface area is 177 Å². The van der Waals surface area contributed by atoms with Crippen LogP contribution in [0.1, 0.15) is 24.0 Å². The third-order valence-electron chi connectivity index (χ3n) is 5.49. The largest absolute Gasteiger partial charge is 0.497 e. The molecule has 1 fully saturated rings. The molecule has 4 rings (SSSR count). The molecule has 0 unspecified atom stereocenters. The van der Waals surface area contributed by atoms with Crippen LogP contribution < -0.4 is 23.7 Å². The van der Waals surface area contributed by atoms with Gasteiger partial charge in [0.1, 0.15) is 11.5 Å². The average molecular weight is 415 g/mol. The maximum absolute atomic E-state index is 5.91. The SMILES string of the molecule is COc1ccc(OC)c(CN(Cc2cc(OC)c3c(c2)OCO3)C[C@H]2CCCO2)c1. The van der Waals surface area contributed by atoms with E-state index in [0.717, 1.165) is 54.4 Å². The van der Waals surface area contributed by atoms with Crippen LogP contribution in [-0.2, 0) is 17.8 Å². The van der Waals surface area contributed by atoms with E-state index in [-0.39, 0.29) is 12.9 Å². The fourth-order valence-electron chi connectivity index (χ4n) is 4.04. The summed E-state index contributed by atoms with van der Waals surface area (Å²) in [7, 11) is 5.01. The van der Waals surface area contributed by atoms with Gasteiger partial charge in [0.15, 0.2) is 11.5 Å². The fraction of sp³-hybridized carbons (Fsp3) is 0.478. The lowest BCUT2D eigenvalue weighted by Gasteiger charge is -2.26. The van der Waals surface area contributed by atoms with Crippen molar-refractivity contribution in [3.63, 3.8) is 0 Å². The van der Waals surface area contributed by atoms with Gasteiger partial charge < -0.3 is 28.4 Å². The monoisotopic (exact) mass is 415 g/mol. The summed E-state index contributed by atoms with van der Waals surface area (Å²) in [5.74, 6) is 3.74. The molecule has 2 aliphatic heterocycles. The summed E-state index contributed by atoms with van der Waals surface area (Å²) in [5, 5.41) is 0. The number of methoxy groups -OCH3 is 3. The van der Waals surface area contributed by atoms with Gasteiger partial charge in [0.25, 0.3) is 0 Å². The summed E-state index contributed by atoms with van der Waals surface area (Å²) < 4.78 is 33.6. The Morgan fingerprint density at radius 1 is 0.967 bits per heavy atom. The van der Waals surface area contributed by atoms with Gasteiger partial charge in [-0.05, 0) is 48.7 Å². The van der Waals surface area contributed by atoms with Gasteiger partial charge in [-0.2, -0.15) is 0 Å². The highest BCUT2D eigenvalue weighted by atomic mass is 16.7. The molecule has 0 spiro atoms. The Morgan fingerprint density at radius 3 is 2.57 bits per heavy atom. The highest BCUT2D eigenvalue weighted by Gasteiger charge is 2.24. The molecule has 0 N–H and O–H groups in total. The van der Waals surface area contributed by atoms with Crippen LogP contribution >= 0.6 is 0 Å². The zero-order valence-electron chi connectivity index (χ0n) is 17.8. The molecule has 0 aliphatic carbocycles. The summed E-state index contributed by atoms with van der Waals surface area (Å²) in [6, 6.07) is 9.92. The topological polar surface area (TPSA) is 58.6 Å². The van der Waals surface area contributed by atoms with Crippen molar-refractivity contribution in [2.75, 3.05) is 41.3 Å². The van der Waals surface area contributed by atoms with Crippen molar-refractivity contribution in [3.05, 3.63) is 41.5 Å². The molecule has 2 aromatic carbocycles. The molecule has 2 heterocycles. The predicted molar refractivity (Wildman–Crippen MR) is 112 cm³/mol. The molecule has 30 heavy (non-hydrogen) atoms. The van der Waals surface area contributed by atoms with Gasteiger partial charge in [0.2, 0.25) is 12.5 Å². The normalized spacial score (nSPS) is 17.4. The maximum Gasteiger partial charge on any atom is 0.231 e. The highest BCUT2D eigenvalue weighted by molar-refractivity contribution is 5.55. The van der Waals surface area contributed by atoms with Gasteiger partial charge in [-0.1, -0.05) is 0 Å². The van der Waals surface area contributed by atoms with Crippen LogP contribution in [0, 0.1) is 0 Å². The van der Waals surface area contributed by atoms with E-state index < -0.39 is 0 Å². The Bertz CT molecular complexity index is 865. The van der Waals surface area contributed by atoms with Gasteiger partial charge in [0, 0.05) is 31.8 Å². The van der Waals surface area contributed by atoms with Gasteiger partial charge in [0.05, 0.1) is 27.4 Å². The van der Waals surface area contributed by atoms with Crippen molar-refractivity contribution in [1.82, 2.24) is 4.90 Å². The summed E-state index contributed by atoms with van der Waals surface area (Å²) in [6.07, 6.45) is 2.42. The third-order valence-corrected chi connectivity index (χ3v) is 5.49. The first-order valence-corrected chi connectivity index (χ1v) is 10.2. The number of benzene rings is 2. The van der Waals surface area contributed by atoms with E-state index in [0.29, 0.717) is 24.6 Å². The molecule has 0 amide bonds. The first kappa shape index (κ1) is 20.6. The highest BCUT2D eigenvalue weighted by Crippen LogP contribution is 2.42. The number of rotatable bonds is 9. The van der Waals surface area contributed by atoms with Crippen LogP contribution in [0.15, 0.2) is 30.3 Å². The Morgan fingerprint density at radius 2 is 1.83 bits per heavy atom. The van der Waals surface area contributed by atoms with Crippen molar-refractivity contribution >= 4 is 0 Å². The van der Waals surface area contributed by atoms with Crippen LogP contribution in [0.25, 0.3) is 0 Å². The van der Waals surface area contributed by atoms with Crippen LogP contribution in [0.4, 0.5) is 0 Å². The first-order chi connectivity index (χ1) is 14.7. The van der Waals surface area contributed by atoms with E-state index in [9.17, 15) is 0 Å². The summed E-state index contributed by atoms with van der Waals surface area (Å²) in [4.78, 5) is 2.37. The smallest absolute Gasteiger partial charge is 0.231 e. The zero-order valence-corrected chi connectivity index (χ0v) is 17.8. The Hall–Kier alpha value is -2.64. The molecular weight excluding hydrogens is 386 g/mol. The maximum atomic E-state index is 5.91. The molecule has 1 saturated heterocycles. The van der Waals surface area contributed by atoms with Crippen LogP contribution in [0.3, 0.4) is 0 Å². The lowest BCUT2D eigenvalue weighted by molar-refractivity contribution is 0.0676. The minimum Gasteiger partial charge on any atom is -0.497 e. The first-order valence-electron chi connectivity index (χ1n) is 10.2. The van der Waals surface area contributed by atoms with Crippen molar-refractivity contribution in [1.29, 1.82) is 0 Å². The minimum absolute atomic E-state index is 0.218. The second kappa shape index (κ2) is 9.45. The van der Waals surface area contributed by atoms with Crippen molar-refractivity contribution in [2.45, 2.75) is 32.0 Å². The summed E-state index contributed by atoms with van der Waals surface area (Å²) in [6.45, 7) is 3.30. The molecule has 0 aromatic heterocycles. The second-order valence-corrected chi connectivity index (χ2v) is 7.51. The third kappa shape index (κ3) is 4.57. The van der Waals surface area contributed by atoms with Crippen molar-refractivity contribution in [2.24, 2.45) is 0 Å². The molecule has 7 heteroatoms. The van der Waals surface area contributed by atoms with E-state index >= 15 is 0 Å². The lowest BCUT2D eigenvalue weighted by atomic mass is 10.1. The second-order valence-electron chi connectivity index (χ2n) is 7.51. The molecule has 7 nitrogen and oxygen atoms in total. The average Bonchev–Trinajstić information content (AvgIpc) is 3.45. The summed E-state index contributed by atoms with van der Waals surface area (Å²) >= 11 is 0. The standard InChI is InChI=1S/C23H29NO6/c1-25-18-6-7-20(26-2)17(11-18)13-24(14-19-5-4-8-28-19)12-16-9-21(27-3)23-22(10-16)29-15-30-23/h6-7,9-11,19H,4-5,8,12-15H2,1-3H3/t19-/m1/s1. The molecular formula is C23H29NO6. The van der Waals surface area contributed by atoms with E-state index in [1.807, 2.05) is 30.3 Å². The van der Waals surface area contributed by atoms with E-state index in [1.54, 1.807) is 21.3 Å². The fourth-order valence-corrected chi connectivity index (χ4v) is 4.04. The Kier molecular flexibility index (Phi) is 6.50. The molecule has 0 radical (unpaired) electrons. The number of fused-ring (bicyclic) bond motifs is 1. The molecule has 162 valence electrons. The predicted octanol–water partition coefficient (Wildman–Crippen LogP) is 3.62. The Balaban J connectivity index is 1.59. The van der Waals surface area contributed by atoms with Crippen LogP contribution in [0.2, 0.25) is 0 Å². The lowest BCUT2D eigenvalue weighted by Crippen LogP contribution is -2.31. The number of nitrogens with zero attached hydrogens (tertiary/aromatic N) is 1. The number of hydrogen-bond donors (Lipinski definition) is 0. The molecule has 2 aromatic rings. The van der Waals surface area contributed by atoms with Crippen molar-refractivity contribution in [3.8, 4) is 28.7 Å². The van der Waals surface area contributed by atoms with E-state index in [2.05, 4.69) is 4.90 Å². The minimum atomic E-state index is 0.218. The number of ether oxygens (including phenoxy) is 6. The number of hydrogen-bond acceptors (Lipinski definition) is 7. The quantitative estimate of drug-likeness (QED) is 0.620. The summed E-state index contributed by atoms with van der Waals surface area (Å²) in [5.41, 5.74) is 2.17. The zero-order chi connectivity index (χ0) is 20.9. The molecule has 2 aliphatic rings. The van der Waals surface area contributed by atoms with E-state index in [4.69, 9.17) is 28.4 Å².